The Kier molecular flexibility index (Phi) is 8.04. The fourth-order valence-electron chi connectivity index (χ4n) is 1.26. The molecule has 1 nitrogen and oxygen atoms in total. The maximum atomic E-state index is 2.52. The Morgan fingerprint density at radius 1 is 1.09 bits per heavy atom. The summed E-state index contributed by atoms with van der Waals surface area (Å²) in [6.45, 7) is 8.29. The van der Waals surface area contributed by atoms with Gasteiger partial charge in [-0.1, -0.05) is 0 Å². The molecule has 0 aromatic rings. The van der Waals surface area contributed by atoms with Crippen LogP contribution in [0.25, 0.3) is 0 Å². The van der Waals surface area contributed by atoms with Crippen molar-refractivity contribution in [1.29, 1.82) is 0 Å². The van der Waals surface area contributed by atoms with Crippen molar-refractivity contribution in [1.82, 2.24) is 4.90 Å². The van der Waals surface area contributed by atoms with Gasteiger partial charge in [-0.05, 0) is 0 Å². The van der Waals surface area contributed by atoms with Crippen molar-refractivity contribution in [3.05, 3.63) is 0 Å². The molecule has 0 atom stereocenters. The third-order valence-corrected chi connectivity index (χ3v) is 6.61. The predicted octanol–water partition coefficient (Wildman–Crippen LogP) is 2.47. The first-order valence-electron chi connectivity index (χ1n) is 4.93. The molecule has 0 spiro atoms. The second-order valence-electron chi connectivity index (χ2n) is 3.56. The van der Waals surface area contributed by atoms with Crippen LogP contribution in [0.3, 0.4) is 0 Å². The first-order chi connectivity index (χ1) is 5.20. The molecule has 0 unspecified atom stereocenters. The van der Waals surface area contributed by atoms with Gasteiger partial charge in [0.25, 0.3) is 0 Å². The standard InChI is InChI=1S/C7H16N.2CH3.In/c1-4-7-8(5-2)6-3;;;/h1,4-7H2,2-3H3;2*1H3;. The summed E-state index contributed by atoms with van der Waals surface area (Å²) in [6.07, 6.45) is 1.45. The second kappa shape index (κ2) is 7.48. The van der Waals surface area contributed by atoms with E-state index in [9.17, 15) is 0 Å². The monoisotopic (exact) mass is 259 g/mol. The first-order valence-corrected chi connectivity index (χ1v) is 13.8. The van der Waals surface area contributed by atoms with Crippen molar-refractivity contribution in [3.8, 4) is 0 Å². The molecule has 0 heterocycles. The van der Waals surface area contributed by atoms with E-state index in [0.29, 0.717) is 0 Å². The van der Waals surface area contributed by atoms with Crippen LogP contribution in [0.5, 0.6) is 0 Å². The van der Waals surface area contributed by atoms with E-state index in [1.54, 1.807) is 4.18 Å². The molecule has 0 saturated heterocycles. The van der Waals surface area contributed by atoms with Gasteiger partial charge in [0.05, 0.1) is 0 Å². The summed E-state index contributed by atoms with van der Waals surface area (Å²) in [5.74, 6) is 0. The molecule has 0 rings (SSSR count). The molecule has 0 aromatic heterocycles. The van der Waals surface area contributed by atoms with Crippen molar-refractivity contribution in [2.75, 3.05) is 19.6 Å². The minimum atomic E-state index is -0.864. The van der Waals surface area contributed by atoms with E-state index >= 15 is 0 Å². The summed E-state index contributed by atoms with van der Waals surface area (Å²) in [4.78, 5) is 2.52. The van der Waals surface area contributed by atoms with Crippen LogP contribution in [-0.2, 0) is 0 Å². The Morgan fingerprint density at radius 2 is 1.64 bits per heavy atom. The van der Waals surface area contributed by atoms with Gasteiger partial charge in [-0.3, -0.25) is 0 Å². The van der Waals surface area contributed by atoms with E-state index in [0.717, 1.165) is 0 Å². The topological polar surface area (TPSA) is 3.24 Å². The zero-order valence-corrected chi connectivity index (χ0v) is 11.9. The summed E-state index contributed by atoms with van der Waals surface area (Å²) in [5, 5.41) is 0. The molecule has 0 saturated carbocycles. The van der Waals surface area contributed by atoms with Crippen LogP contribution in [0.15, 0.2) is 0 Å². The van der Waals surface area contributed by atoms with Crippen LogP contribution < -0.4 is 0 Å². The van der Waals surface area contributed by atoms with Crippen molar-refractivity contribution < 1.29 is 0 Å². The maximum absolute atomic E-state index is 2.52. The van der Waals surface area contributed by atoms with E-state index in [1.165, 1.54) is 26.1 Å². The Hall–Kier alpha value is 0.830. The van der Waals surface area contributed by atoms with Crippen molar-refractivity contribution in [3.63, 3.8) is 0 Å². The summed E-state index contributed by atoms with van der Waals surface area (Å²) in [7, 11) is 0. The van der Waals surface area contributed by atoms with E-state index in [2.05, 4.69) is 28.1 Å². The van der Waals surface area contributed by atoms with Gasteiger partial charge in [-0.25, -0.2) is 0 Å². The van der Waals surface area contributed by atoms with Crippen LogP contribution >= 0.6 is 0 Å². The van der Waals surface area contributed by atoms with Gasteiger partial charge < -0.3 is 0 Å². The summed E-state index contributed by atoms with van der Waals surface area (Å²) in [6, 6.07) is 0. The summed E-state index contributed by atoms with van der Waals surface area (Å²) < 4.78 is 6.59. The molecule has 0 fully saturated rings. The third-order valence-electron chi connectivity index (χ3n) is 2.15. The molecule has 0 aromatic carbocycles. The molecule has 0 bridgehead atoms. The molecule has 0 amide bonds. The molecule has 11 heavy (non-hydrogen) atoms. The minimum absolute atomic E-state index is 0.864. The molecule has 0 N–H and O–H groups in total. The molecule has 0 aliphatic rings. The fraction of sp³-hybridized carbons (Fsp3) is 1.00. The van der Waals surface area contributed by atoms with Crippen LogP contribution in [0, 0.1) is 0 Å². The molecule has 0 radical (unpaired) electrons. The second-order valence-corrected chi connectivity index (χ2v) is 13.2. The Bertz CT molecular complexity index is 79.6. The molecular weight excluding hydrogens is 237 g/mol. The number of rotatable bonds is 6. The van der Waals surface area contributed by atoms with E-state index in [4.69, 9.17) is 0 Å². The average Bonchev–Trinajstić information content (AvgIpc) is 1.98. The van der Waals surface area contributed by atoms with Gasteiger partial charge in [0, 0.05) is 0 Å². The van der Waals surface area contributed by atoms with Crippen LogP contribution in [-0.4, -0.2) is 46.0 Å². The van der Waals surface area contributed by atoms with Gasteiger partial charge in [0.2, 0.25) is 0 Å². The van der Waals surface area contributed by atoms with Gasteiger partial charge >= 0.3 is 79.8 Å². The van der Waals surface area contributed by atoms with Crippen LogP contribution in [0.2, 0.25) is 13.5 Å². The molecule has 2 heteroatoms. The predicted molar refractivity (Wildman–Crippen MR) is 54.7 cm³/mol. The SMILES string of the molecule is CCN(CC)CC[CH2][In]([CH3])[CH3]. The van der Waals surface area contributed by atoms with Gasteiger partial charge in [-0.15, -0.1) is 0 Å². The van der Waals surface area contributed by atoms with Crippen molar-refractivity contribution in [2.24, 2.45) is 0 Å². The van der Waals surface area contributed by atoms with Crippen LogP contribution in [0.1, 0.15) is 20.3 Å². The molecule has 0 aliphatic heterocycles. The molecule has 66 valence electrons. The zero-order valence-electron chi connectivity index (χ0n) is 8.56. The van der Waals surface area contributed by atoms with Crippen LogP contribution in [0.4, 0.5) is 0 Å². The average molecular weight is 259 g/mol. The fourth-order valence-corrected chi connectivity index (χ4v) is 4.11. The Labute approximate surface area is 79.7 Å². The quantitative estimate of drug-likeness (QED) is 0.708. The normalized spacial score (nSPS) is 10.6. The zero-order chi connectivity index (χ0) is 8.69. The van der Waals surface area contributed by atoms with E-state index in [-0.39, 0.29) is 0 Å². The van der Waals surface area contributed by atoms with Gasteiger partial charge in [0.15, 0.2) is 0 Å². The van der Waals surface area contributed by atoms with Gasteiger partial charge in [0.1, 0.15) is 0 Å². The Balaban J connectivity index is 3.21. The third kappa shape index (κ3) is 7.20. The molecule has 0 aliphatic carbocycles. The molecular formula is C9H22InN. The number of hydrogen-bond acceptors (Lipinski definition) is 1. The Morgan fingerprint density at radius 3 is 2.00 bits per heavy atom. The van der Waals surface area contributed by atoms with Crippen molar-refractivity contribution >= 4 is 21.4 Å². The first kappa shape index (κ1) is 11.8. The summed E-state index contributed by atoms with van der Waals surface area (Å²) in [5.41, 5.74) is 0. The van der Waals surface area contributed by atoms with Gasteiger partial charge in [-0.2, -0.15) is 0 Å². The number of hydrogen-bond donors (Lipinski definition) is 0. The summed E-state index contributed by atoms with van der Waals surface area (Å²) >= 11 is -0.864. The number of nitrogens with zero attached hydrogens (tertiary/aromatic N) is 1. The van der Waals surface area contributed by atoms with E-state index < -0.39 is 21.4 Å². The van der Waals surface area contributed by atoms with Crippen molar-refractivity contribution in [2.45, 2.75) is 33.8 Å². The van der Waals surface area contributed by atoms with E-state index in [1.807, 2.05) is 0 Å².